The topological polar surface area (TPSA) is 70.5 Å². The molecule has 1 amide bonds. The van der Waals surface area contributed by atoms with Crippen LogP contribution in [0.4, 0.5) is 0 Å². The first-order valence-corrected chi connectivity index (χ1v) is 7.64. The van der Waals surface area contributed by atoms with Gasteiger partial charge in [0.25, 0.3) is 5.91 Å². The first-order chi connectivity index (χ1) is 8.97. The Balaban J connectivity index is 2.07. The number of thiazole rings is 1. The number of carbonyl (C=O) groups excluding carboxylic acids is 1. The monoisotopic (exact) mass is 360 g/mol. The van der Waals surface area contributed by atoms with Crippen LogP contribution in [0, 0.1) is 0 Å². The molecule has 8 heteroatoms. The van der Waals surface area contributed by atoms with Crippen LogP contribution in [0.1, 0.15) is 24.4 Å². The van der Waals surface area contributed by atoms with Crippen molar-refractivity contribution in [3.8, 4) is 0 Å². The molecule has 0 atom stereocenters. The van der Waals surface area contributed by atoms with Gasteiger partial charge in [0.15, 0.2) is 0 Å². The highest BCUT2D eigenvalue weighted by atomic mass is 79.9. The van der Waals surface area contributed by atoms with Crippen LogP contribution >= 0.6 is 38.6 Å². The molecule has 0 unspecified atom stereocenters. The zero-order chi connectivity index (χ0) is 14.0. The molecule has 2 rings (SSSR count). The van der Waals surface area contributed by atoms with E-state index >= 15 is 0 Å². The fraction of sp³-hybridized carbons (Fsp3) is 0.182. The lowest BCUT2D eigenvalue weighted by molar-refractivity contribution is 0.0696. The molecule has 1 N–H and O–H groups in total. The lowest BCUT2D eigenvalue weighted by Gasteiger charge is -2.14. The number of rotatable bonds is 4. The van der Waals surface area contributed by atoms with Crippen molar-refractivity contribution >= 4 is 50.5 Å². The summed E-state index contributed by atoms with van der Waals surface area (Å²) in [5.41, 5.74) is 0. The van der Waals surface area contributed by atoms with Gasteiger partial charge in [0.2, 0.25) is 5.01 Å². The maximum atomic E-state index is 12.1. The minimum absolute atomic E-state index is 0.0735. The molecule has 0 aliphatic heterocycles. The van der Waals surface area contributed by atoms with Crippen molar-refractivity contribution in [3.63, 3.8) is 0 Å². The summed E-state index contributed by atoms with van der Waals surface area (Å²) in [4.78, 5) is 29.4. The van der Waals surface area contributed by atoms with Crippen LogP contribution in [0.15, 0.2) is 22.1 Å². The van der Waals surface area contributed by atoms with Gasteiger partial charge in [0.05, 0.1) is 12.7 Å². The van der Waals surface area contributed by atoms with E-state index in [-0.39, 0.29) is 10.9 Å². The first kappa shape index (κ1) is 14.2. The molecule has 0 fully saturated rings. The van der Waals surface area contributed by atoms with Gasteiger partial charge in [-0.3, -0.25) is 4.79 Å². The van der Waals surface area contributed by atoms with E-state index in [0.29, 0.717) is 11.4 Å². The zero-order valence-corrected chi connectivity index (χ0v) is 13.0. The molecular formula is C11H9BrN2O3S2. The zero-order valence-electron chi connectivity index (χ0n) is 9.79. The summed E-state index contributed by atoms with van der Waals surface area (Å²) < 4.78 is 0.985. The van der Waals surface area contributed by atoms with E-state index in [0.717, 1.165) is 20.7 Å². The number of aromatic nitrogens is 1. The molecule has 0 radical (unpaired) electrons. The molecule has 2 aromatic heterocycles. The molecule has 0 saturated carbocycles. The highest BCUT2D eigenvalue weighted by Gasteiger charge is 2.18. The molecule has 100 valence electrons. The molecule has 19 heavy (non-hydrogen) atoms. The van der Waals surface area contributed by atoms with Crippen LogP contribution in [-0.4, -0.2) is 33.9 Å². The number of thiophene rings is 1. The highest BCUT2D eigenvalue weighted by molar-refractivity contribution is 9.10. The molecule has 0 saturated heterocycles. The maximum Gasteiger partial charge on any atom is 0.365 e. The maximum absolute atomic E-state index is 12.1. The van der Waals surface area contributed by atoms with Crippen molar-refractivity contribution < 1.29 is 14.7 Å². The van der Waals surface area contributed by atoms with Crippen LogP contribution in [0.25, 0.3) is 0 Å². The number of hydrogen-bond donors (Lipinski definition) is 1. The smallest absolute Gasteiger partial charge is 0.365 e. The summed E-state index contributed by atoms with van der Waals surface area (Å²) in [6.45, 7) is 0.482. The molecule has 2 aromatic rings. The van der Waals surface area contributed by atoms with Gasteiger partial charge in [-0.15, -0.1) is 22.7 Å². The second-order valence-corrected chi connectivity index (χ2v) is 6.67. The number of carbonyl (C=O) groups is 2. The Morgan fingerprint density at radius 3 is 2.79 bits per heavy atom. The van der Waals surface area contributed by atoms with Gasteiger partial charge in [0.1, 0.15) is 4.88 Å². The number of amides is 1. The van der Waals surface area contributed by atoms with Gasteiger partial charge < -0.3 is 10.0 Å². The van der Waals surface area contributed by atoms with Crippen molar-refractivity contribution in [3.05, 3.63) is 36.9 Å². The van der Waals surface area contributed by atoms with Crippen LogP contribution in [0.5, 0.6) is 0 Å². The SMILES string of the molecule is CN(Cc1cc(Br)cs1)C(=O)c1cnc(C(=O)O)s1. The van der Waals surface area contributed by atoms with Gasteiger partial charge >= 0.3 is 5.97 Å². The Labute approximate surface area is 125 Å². The Morgan fingerprint density at radius 2 is 2.26 bits per heavy atom. The largest absolute Gasteiger partial charge is 0.476 e. The van der Waals surface area contributed by atoms with E-state index in [1.165, 1.54) is 11.1 Å². The fourth-order valence-electron chi connectivity index (χ4n) is 1.40. The van der Waals surface area contributed by atoms with E-state index < -0.39 is 5.97 Å². The van der Waals surface area contributed by atoms with Crippen molar-refractivity contribution in [2.45, 2.75) is 6.54 Å². The third kappa shape index (κ3) is 3.40. The van der Waals surface area contributed by atoms with Gasteiger partial charge in [0, 0.05) is 21.8 Å². The Kier molecular flexibility index (Phi) is 4.33. The normalized spacial score (nSPS) is 10.4. The van der Waals surface area contributed by atoms with E-state index in [2.05, 4.69) is 20.9 Å². The summed E-state index contributed by atoms with van der Waals surface area (Å²) >= 11 is 5.80. The third-order valence-electron chi connectivity index (χ3n) is 2.26. The minimum Gasteiger partial charge on any atom is -0.476 e. The quantitative estimate of drug-likeness (QED) is 0.909. The van der Waals surface area contributed by atoms with Gasteiger partial charge in [-0.2, -0.15) is 0 Å². The second-order valence-electron chi connectivity index (χ2n) is 3.73. The molecular weight excluding hydrogens is 352 g/mol. The average molecular weight is 361 g/mol. The molecule has 0 aromatic carbocycles. The average Bonchev–Trinajstić information content (AvgIpc) is 2.97. The van der Waals surface area contributed by atoms with Crippen molar-refractivity contribution in [2.75, 3.05) is 7.05 Å². The minimum atomic E-state index is -1.12. The van der Waals surface area contributed by atoms with Crippen LogP contribution in [0.2, 0.25) is 0 Å². The second kappa shape index (κ2) is 5.81. The summed E-state index contributed by atoms with van der Waals surface area (Å²) in [6, 6.07) is 1.95. The summed E-state index contributed by atoms with van der Waals surface area (Å²) in [5.74, 6) is -1.34. The molecule has 0 aliphatic rings. The third-order valence-corrected chi connectivity index (χ3v) is 4.92. The summed E-state index contributed by atoms with van der Waals surface area (Å²) in [5, 5.41) is 10.6. The Bertz CT molecular complexity index is 623. The molecule has 2 heterocycles. The lowest BCUT2D eigenvalue weighted by atomic mass is 10.4. The molecule has 0 aliphatic carbocycles. The Morgan fingerprint density at radius 1 is 1.53 bits per heavy atom. The highest BCUT2D eigenvalue weighted by Crippen LogP contribution is 2.22. The summed E-state index contributed by atoms with van der Waals surface area (Å²) in [6.07, 6.45) is 1.30. The number of carboxylic acid groups (broad SMARTS) is 1. The van der Waals surface area contributed by atoms with Crippen molar-refractivity contribution in [1.82, 2.24) is 9.88 Å². The summed E-state index contributed by atoms with van der Waals surface area (Å²) in [7, 11) is 1.68. The van der Waals surface area contributed by atoms with Gasteiger partial charge in [-0.1, -0.05) is 0 Å². The lowest BCUT2D eigenvalue weighted by Crippen LogP contribution is -2.24. The van der Waals surface area contributed by atoms with E-state index in [1.807, 2.05) is 11.4 Å². The molecule has 5 nitrogen and oxygen atoms in total. The van der Waals surface area contributed by atoms with Gasteiger partial charge in [-0.05, 0) is 22.0 Å². The standard InChI is InChI=1S/C11H9BrN2O3S2/c1-14(4-7-2-6(12)5-18-7)10(15)8-3-13-9(19-8)11(16)17/h2-3,5H,4H2,1H3,(H,16,17). The van der Waals surface area contributed by atoms with Crippen molar-refractivity contribution in [2.24, 2.45) is 0 Å². The predicted molar refractivity (Wildman–Crippen MR) is 76.9 cm³/mol. The fourth-order valence-corrected chi connectivity index (χ4v) is 3.66. The molecule has 0 spiro atoms. The number of halogens is 1. The number of aromatic carboxylic acids is 1. The van der Waals surface area contributed by atoms with E-state index in [1.54, 1.807) is 18.4 Å². The number of carboxylic acids is 1. The molecule has 0 bridgehead atoms. The Hall–Kier alpha value is -1.25. The van der Waals surface area contributed by atoms with Crippen LogP contribution < -0.4 is 0 Å². The van der Waals surface area contributed by atoms with Crippen molar-refractivity contribution in [1.29, 1.82) is 0 Å². The first-order valence-electron chi connectivity index (χ1n) is 5.15. The van der Waals surface area contributed by atoms with Crippen LogP contribution in [-0.2, 0) is 6.54 Å². The van der Waals surface area contributed by atoms with E-state index in [9.17, 15) is 9.59 Å². The van der Waals surface area contributed by atoms with Gasteiger partial charge in [-0.25, -0.2) is 9.78 Å². The van der Waals surface area contributed by atoms with Crippen LogP contribution in [0.3, 0.4) is 0 Å². The number of hydrogen-bond acceptors (Lipinski definition) is 5. The van der Waals surface area contributed by atoms with E-state index in [4.69, 9.17) is 5.11 Å². The number of nitrogens with zero attached hydrogens (tertiary/aromatic N) is 2. The predicted octanol–water partition coefficient (Wildman–Crippen LogP) is 2.94.